The summed E-state index contributed by atoms with van der Waals surface area (Å²) in [6.07, 6.45) is -5.90. The zero-order chi connectivity index (χ0) is 11.2. The summed E-state index contributed by atoms with van der Waals surface area (Å²) in [5, 5.41) is 0. The molecule has 0 saturated carbocycles. The molecule has 8 heteroatoms. The molecule has 0 fully saturated rings. The minimum atomic E-state index is -4.32. The van der Waals surface area contributed by atoms with Gasteiger partial charge in [0.25, 0.3) is 0 Å². The van der Waals surface area contributed by atoms with Crippen LogP contribution in [0.15, 0.2) is 0 Å². The Labute approximate surface area is 80.4 Å². The van der Waals surface area contributed by atoms with Gasteiger partial charge in [-0.3, -0.25) is 4.84 Å². The van der Waals surface area contributed by atoms with Gasteiger partial charge in [-0.25, -0.2) is 8.42 Å². The van der Waals surface area contributed by atoms with Crippen LogP contribution in [0.3, 0.4) is 0 Å². The lowest BCUT2D eigenvalue weighted by Gasteiger charge is -2.07. The van der Waals surface area contributed by atoms with Crippen LogP contribution in [0.2, 0.25) is 0 Å². The zero-order valence-corrected chi connectivity index (χ0v) is 8.41. The van der Waals surface area contributed by atoms with Crippen molar-refractivity contribution in [2.24, 2.45) is 0 Å². The highest BCUT2D eigenvalue weighted by atomic mass is 32.2. The molecule has 0 aliphatic carbocycles. The fourth-order valence-electron chi connectivity index (χ4n) is 0.653. The van der Waals surface area contributed by atoms with E-state index in [2.05, 4.69) is 4.84 Å². The number of hydrogen-bond donors (Lipinski definition) is 1. The van der Waals surface area contributed by atoms with Crippen LogP contribution in [-0.2, 0) is 14.9 Å². The third kappa shape index (κ3) is 8.27. The average molecular weight is 235 g/mol. The summed E-state index contributed by atoms with van der Waals surface area (Å²) in [6, 6.07) is 0. The van der Waals surface area contributed by atoms with Gasteiger partial charge >= 0.3 is 6.18 Å². The largest absolute Gasteiger partial charge is 0.389 e. The highest BCUT2D eigenvalue weighted by Gasteiger charge is 2.27. The van der Waals surface area contributed by atoms with Crippen LogP contribution in [-0.4, -0.2) is 27.0 Å². The molecular weight excluding hydrogens is 223 g/mol. The molecule has 0 rings (SSSR count). The van der Waals surface area contributed by atoms with E-state index in [1.54, 1.807) is 11.8 Å². The Balaban J connectivity index is 3.78. The number of halogens is 3. The monoisotopic (exact) mass is 235 g/mol. The Kier molecular flexibility index (Phi) is 5.38. The number of hydrogen-bond acceptors (Lipinski definition) is 3. The molecule has 0 bridgehead atoms. The summed E-state index contributed by atoms with van der Waals surface area (Å²) in [7, 11) is -3.74. The van der Waals surface area contributed by atoms with Gasteiger partial charge in [0.1, 0.15) is 0 Å². The van der Waals surface area contributed by atoms with Gasteiger partial charge in [0.05, 0.1) is 12.4 Å². The van der Waals surface area contributed by atoms with Gasteiger partial charge in [0.15, 0.2) is 0 Å². The minimum Gasteiger partial charge on any atom is -0.287 e. The summed E-state index contributed by atoms with van der Waals surface area (Å²) in [6.45, 7) is 1.68. The Bertz CT molecular complexity index is 250. The van der Waals surface area contributed by atoms with Crippen LogP contribution < -0.4 is 4.89 Å². The number of nitrogens with one attached hydrogen (secondary N) is 1. The molecule has 0 amide bonds. The van der Waals surface area contributed by atoms with Crippen molar-refractivity contribution in [3.05, 3.63) is 0 Å². The Morgan fingerprint density at radius 3 is 2.36 bits per heavy atom. The third-order valence-electron chi connectivity index (χ3n) is 1.20. The predicted molar refractivity (Wildman–Crippen MR) is 43.8 cm³/mol. The van der Waals surface area contributed by atoms with Crippen molar-refractivity contribution >= 4 is 10.0 Å². The fourth-order valence-corrected chi connectivity index (χ4v) is 1.56. The van der Waals surface area contributed by atoms with Crippen molar-refractivity contribution < 1.29 is 26.4 Å². The Morgan fingerprint density at radius 1 is 1.36 bits per heavy atom. The van der Waals surface area contributed by atoms with E-state index in [1.165, 1.54) is 0 Å². The smallest absolute Gasteiger partial charge is 0.287 e. The third-order valence-corrected chi connectivity index (χ3v) is 2.40. The van der Waals surface area contributed by atoms with E-state index in [1.807, 2.05) is 0 Å². The lowest BCUT2D eigenvalue weighted by molar-refractivity contribution is -0.134. The van der Waals surface area contributed by atoms with Gasteiger partial charge in [-0.15, -0.1) is 0 Å². The normalized spacial score (nSPS) is 13.1. The number of alkyl halides is 3. The molecule has 0 aromatic carbocycles. The molecule has 4 nitrogen and oxygen atoms in total. The second-order valence-electron chi connectivity index (χ2n) is 2.55. The molecular formula is C6H12F3NO3S. The van der Waals surface area contributed by atoms with Crippen molar-refractivity contribution in [2.45, 2.75) is 25.9 Å². The maximum absolute atomic E-state index is 11.6. The number of rotatable bonds is 6. The van der Waals surface area contributed by atoms with Gasteiger partial charge in [0.2, 0.25) is 10.0 Å². The maximum atomic E-state index is 11.6. The lowest BCUT2D eigenvalue weighted by Crippen LogP contribution is -2.27. The SMILES string of the molecule is CCONS(=O)(=O)CCCC(F)(F)F. The van der Waals surface area contributed by atoms with E-state index in [0.29, 0.717) is 0 Å². The molecule has 0 aromatic heterocycles. The first-order chi connectivity index (χ1) is 6.27. The van der Waals surface area contributed by atoms with Crippen LogP contribution in [0.4, 0.5) is 13.2 Å². The summed E-state index contributed by atoms with van der Waals surface area (Å²) < 4.78 is 56.7. The van der Waals surface area contributed by atoms with E-state index >= 15 is 0 Å². The van der Waals surface area contributed by atoms with Gasteiger partial charge in [0, 0.05) is 6.42 Å². The first-order valence-corrected chi connectivity index (χ1v) is 5.60. The second-order valence-corrected chi connectivity index (χ2v) is 4.36. The Morgan fingerprint density at radius 2 is 1.93 bits per heavy atom. The molecule has 0 radical (unpaired) electrons. The molecule has 0 spiro atoms. The highest BCUT2D eigenvalue weighted by Crippen LogP contribution is 2.21. The maximum Gasteiger partial charge on any atom is 0.389 e. The van der Waals surface area contributed by atoms with Crippen LogP contribution in [0, 0.1) is 0 Å². The molecule has 0 saturated heterocycles. The van der Waals surface area contributed by atoms with Crippen LogP contribution in [0.5, 0.6) is 0 Å². The molecule has 0 aromatic rings. The van der Waals surface area contributed by atoms with E-state index in [4.69, 9.17) is 0 Å². The first-order valence-electron chi connectivity index (χ1n) is 3.95. The molecule has 1 N–H and O–H groups in total. The predicted octanol–water partition coefficient (Wildman–Crippen LogP) is 1.20. The molecule has 0 aliphatic heterocycles. The fraction of sp³-hybridized carbons (Fsp3) is 1.00. The molecule has 0 heterocycles. The van der Waals surface area contributed by atoms with Gasteiger partial charge in [-0.2, -0.15) is 13.2 Å². The van der Waals surface area contributed by atoms with Crippen molar-refractivity contribution in [2.75, 3.05) is 12.4 Å². The van der Waals surface area contributed by atoms with Gasteiger partial charge in [-0.05, 0) is 13.3 Å². The van der Waals surface area contributed by atoms with E-state index in [-0.39, 0.29) is 6.61 Å². The molecule has 14 heavy (non-hydrogen) atoms. The Hall–Kier alpha value is -0.340. The second kappa shape index (κ2) is 5.52. The topological polar surface area (TPSA) is 55.4 Å². The lowest BCUT2D eigenvalue weighted by atomic mass is 10.3. The molecule has 0 atom stereocenters. The summed E-state index contributed by atoms with van der Waals surface area (Å²) >= 11 is 0. The zero-order valence-electron chi connectivity index (χ0n) is 7.60. The van der Waals surface area contributed by atoms with E-state index in [0.717, 1.165) is 0 Å². The van der Waals surface area contributed by atoms with Crippen LogP contribution >= 0.6 is 0 Å². The minimum absolute atomic E-state index is 0.124. The van der Waals surface area contributed by atoms with Gasteiger partial charge in [-0.1, -0.05) is 4.89 Å². The number of sulfonamides is 1. The molecule has 0 aliphatic rings. The molecule has 86 valence electrons. The first kappa shape index (κ1) is 13.7. The highest BCUT2D eigenvalue weighted by molar-refractivity contribution is 7.89. The van der Waals surface area contributed by atoms with Crippen molar-refractivity contribution in [1.82, 2.24) is 4.89 Å². The van der Waals surface area contributed by atoms with Crippen molar-refractivity contribution in [1.29, 1.82) is 0 Å². The van der Waals surface area contributed by atoms with Gasteiger partial charge < -0.3 is 0 Å². The quantitative estimate of drug-likeness (QED) is 0.704. The van der Waals surface area contributed by atoms with Crippen molar-refractivity contribution in [3.8, 4) is 0 Å². The van der Waals surface area contributed by atoms with Crippen LogP contribution in [0.25, 0.3) is 0 Å². The summed E-state index contributed by atoms with van der Waals surface area (Å²) in [4.78, 5) is 6.06. The van der Waals surface area contributed by atoms with E-state index < -0.39 is 34.8 Å². The standard InChI is InChI=1S/C6H12F3NO3S/c1-2-13-10-14(11,12)5-3-4-6(7,8)9/h10H,2-5H2,1H3. The molecule has 0 unspecified atom stereocenters. The van der Waals surface area contributed by atoms with Crippen molar-refractivity contribution in [3.63, 3.8) is 0 Å². The van der Waals surface area contributed by atoms with Crippen LogP contribution in [0.1, 0.15) is 19.8 Å². The van der Waals surface area contributed by atoms with E-state index in [9.17, 15) is 21.6 Å². The summed E-state index contributed by atoms with van der Waals surface area (Å²) in [5.74, 6) is -0.591. The summed E-state index contributed by atoms with van der Waals surface area (Å²) in [5.41, 5.74) is 0. The average Bonchev–Trinajstić information content (AvgIpc) is 1.98.